The smallest absolute Gasteiger partial charge is 0.319 e. The number of amides is 3. The molecule has 0 atom stereocenters. The average Bonchev–Trinajstić information content (AvgIpc) is 2.80. The third-order valence-corrected chi connectivity index (χ3v) is 7.55. The zero-order chi connectivity index (χ0) is 23.4. The highest BCUT2D eigenvalue weighted by Gasteiger charge is 2.30. The lowest BCUT2D eigenvalue weighted by Crippen LogP contribution is -2.47. The summed E-state index contributed by atoms with van der Waals surface area (Å²) in [5, 5.41) is 10.5. The van der Waals surface area contributed by atoms with E-state index < -0.39 is 10.0 Å². The van der Waals surface area contributed by atoms with Gasteiger partial charge in [0.05, 0.1) is 10.6 Å². The number of piperidine rings is 1. The van der Waals surface area contributed by atoms with E-state index >= 15 is 0 Å². The molecule has 33 heavy (non-hydrogen) atoms. The van der Waals surface area contributed by atoms with Gasteiger partial charge in [0.2, 0.25) is 15.9 Å². The maximum Gasteiger partial charge on any atom is 0.319 e. The molecule has 1 aliphatic heterocycles. The predicted molar refractivity (Wildman–Crippen MR) is 129 cm³/mol. The Hall–Kier alpha value is -3.43. The Kier molecular flexibility index (Phi) is 6.62. The second kappa shape index (κ2) is 9.60. The molecule has 0 radical (unpaired) electrons. The third-order valence-electron chi connectivity index (χ3n) is 5.64. The first-order valence-corrected chi connectivity index (χ1v) is 12.2. The molecule has 0 unspecified atom stereocenters. The molecule has 1 saturated heterocycles. The number of hydrogen-bond donors (Lipinski definition) is 3. The number of rotatable bonds is 5. The molecule has 3 amide bonds. The Labute approximate surface area is 193 Å². The minimum absolute atomic E-state index is 0.117. The second-order valence-corrected chi connectivity index (χ2v) is 9.95. The van der Waals surface area contributed by atoms with Gasteiger partial charge >= 0.3 is 6.03 Å². The highest BCUT2D eigenvalue weighted by Crippen LogP contribution is 2.24. The van der Waals surface area contributed by atoms with Gasteiger partial charge in [-0.2, -0.15) is 4.31 Å². The lowest BCUT2D eigenvalue weighted by molar-refractivity contribution is -0.114. The standard InChI is InChI=1S/C24H26N4O4S/c1-17(29)25-19-9-11-21(12-10-19)33(31,32)28-15-13-20(14-16-28)26-24(30)27-23-8-4-6-18-5-2-3-7-22(18)23/h2-12,20H,13-16H2,1H3,(H,25,29)(H2,26,27,30). The third kappa shape index (κ3) is 5.32. The van der Waals surface area contributed by atoms with Gasteiger partial charge in [-0.15, -0.1) is 0 Å². The fraction of sp³-hybridized carbons (Fsp3) is 0.250. The van der Waals surface area contributed by atoms with Crippen molar-refractivity contribution in [1.82, 2.24) is 9.62 Å². The Morgan fingerprint density at radius 3 is 2.24 bits per heavy atom. The number of fused-ring (bicyclic) bond motifs is 1. The van der Waals surface area contributed by atoms with Crippen LogP contribution in [-0.4, -0.2) is 43.8 Å². The minimum atomic E-state index is -3.64. The summed E-state index contributed by atoms with van der Waals surface area (Å²) in [5.41, 5.74) is 1.27. The van der Waals surface area contributed by atoms with E-state index in [-0.39, 0.29) is 22.9 Å². The van der Waals surface area contributed by atoms with E-state index in [1.54, 1.807) is 12.1 Å². The van der Waals surface area contributed by atoms with E-state index in [1.807, 2.05) is 42.5 Å². The molecule has 3 N–H and O–H groups in total. The molecule has 1 fully saturated rings. The Bertz CT molecular complexity index is 1260. The Morgan fingerprint density at radius 2 is 1.55 bits per heavy atom. The lowest BCUT2D eigenvalue weighted by atomic mass is 10.1. The van der Waals surface area contributed by atoms with E-state index in [9.17, 15) is 18.0 Å². The summed E-state index contributed by atoms with van der Waals surface area (Å²) in [6, 6.07) is 19.3. The average molecular weight is 467 g/mol. The van der Waals surface area contributed by atoms with E-state index in [2.05, 4.69) is 16.0 Å². The number of urea groups is 1. The molecule has 0 spiro atoms. The Morgan fingerprint density at radius 1 is 0.879 bits per heavy atom. The van der Waals surface area contributed by atoms with Gasteiger partial charge in [-0.3, -0.25) is 4.79 Å². The summed E-state index contributed by atoms with van der Waals surface area (Å²) in [6.45, 7) is 2.02. The van der Waals surface area contributed by atoms with E-state index in [1.165, 1.54) is 23.4 Å². The van der Waals surface area contributed by atoms with Gasteiger partial charge in [-0.25, -0.2) is 13.2 Å². The topological polar surface area (TPSA) is 108 Å². The van der Waals surface area contributed by atoms with Gasteiger partial charge in [0.15, 0.2) is 0 Å². The zero-order valence-electron chi connectivity index (χ0n) is 18.2. The van der Waals surface area contributed by atoms with Gasteiger partial charge in [0, 0.05) is 37.1 Å². The number of nitrogens with one attached hydrogen (secondary N) is 3. The van der Waals surface area contributed by atoms with Crippen molar-refractivity contribution in [1.29, 1.82) is 0 Å². The number of carbonyl (C=O) groups excluding carboxylic acids is 2. The molecule has 1 heterocycles. The van der Waals surface area contributed by atoms with Gasteiger partial charge < -0.3 is 16.0 Å². The monoisotopic (exact) mass is 466 g/mol. The van der Waals surface area contributed by atoms with Gasteiger partial charge in [-0.05, 0) is 48.6 Å². The number of benzene rings is 3. The van der Waals surface area contributed by atoms with Crippen molar-refractivity contribution >= 4 is 44.1 Å². The highest BCUT2D eigenvalue weighted by molar-refractivity contribution is 7.89. The summed E-state index contributed by atoms with van der Waals surface area (Å²) < 4.78 is 27.3. The molecule has 0 aromatic heterocycles. The SMILES string of the molecule is CC(=O)Nc1ccc(S(=O)(=O)N2CCC(NC(=O)Nc3cccc4ccccc34)CC2)cc1. The van der Waals surface area contributed by atoms with Crippen LogP contribution >= 0.6 is 0 Å². The molecule has 3 aromatic carbocycles. The molecule has 172 valence electrons. The van der Waals surface area contributed by atoms with Crippen LogP contribution in [0.2, 0.25) is 0 Å². The number of carbonyl (C=O) groups is 2. The van der Waals surface area contributed by atoms with Crippen LogP contribution in [0.1, 0.15) is 19.8 Å². The van der Waals surface area contributed by atoms with Crippen molar-refractivity contribution in [2.24, 2.45) is 0 Å². The van der Waals surface area contributed by atoms with Crippen molar-refractivity contribution in [2.75, 3.05) is 23.7 Å². The number of sulfonamides is 1. The number of hydrogen-bond acceptors (Lipinski definition) is 4. The van der Waals surface area contributed by atoms with Crippen LogP contribution in [0, 0.1) is 0 Å². The van der Waals surface area contributed by atoms with Crippen molar-refractivity contribution in [3.63, 3.8) is 0 Å². The van der Waals surface area contributed by atoms with Crippen molar-refractivity contribution in [3.05, 3.63) is 66.7 Å². The lowest BCUT2D eigenvalue weighted by Gasteiger charge is -2.31. The van der Waals surface area contributed by atoms with E-state index in [4.69, 9.17) is 0 Å². The molecular weight excluding hydrogens is 440 g/mol. The summed E-state index contributed by atoms with van der Waals surface area (Å²) >= 11 is 0. The van der Waals surface area contributed by atoms with Crippen LogP contribution in [0.15, 0.2) is 71.6 Å². The molecular formula is C24H26N4O4S. The van der Waals surface area contributed by atoms with E-state index in [0.717, 1.165) is 16.5 Å². The normalized spacial score (nSPS) is 15.2. The van der Waals surface area contributed by atoms with Crippen LogP contribution in [0.25, 0.3) is 10.8 Å². The summed E-state index contributed by atoms with van der Waals surface area (Å²) in [7, 11) is -3.64. The highest BCUT2D eigenvalue weighted by atomic mass is 32.2. The van der Waals surface area contributed by atoms with Crippen molar-refractivity contribution in [2.45, 2.75) is 30.7 Å². The van der Waals surface area contributed by atoms with Crippen LogP contribution < -0.4 is 16.0 Å². The molecule has 0 aliphatic carbocycles. The molecule has 3 aromatic rings. The fourth-order valence-corrected chi connectivity index (χ4v) is 5.45. The first-order chi connectivity index (χ1) is 15.8. The quantitative estimate of drug-likeness (QED) is 0.532. The molecule has 9 heteroatoms. The van der Waals surface area contributed by atoms with Crippen molar-refractivity contribution < 1.29 is 18.0 Å². The molecule has 0 saturated carbocycles. The molecule has 8 nitrogen and oxygen atoms in total. The zero-order valence-corrected chi connectivity index (χ0v) is 19.1. The second-order valence-electron chi connectivity index (χ2n) is 8.01. The van der Waals surface area contributed by atoms with Crippen molar-refractivity contribution in [3.8, 4) is 0 Å². The van der Waals surface area contributed by atoms with E-state index in [0.29, 0.717) is 31.6 Å². The largest absolute Gasteiger partial charge is 0.335 e. The number of anilines is 2. The molecule has 1 aliphatic rings. The first kappa shape index (κ1) is 22.8. The molecule has 0 bridgehead atoms. The van der Waals surface area contributed by atoms with Crippen LogP contribution in [-0.2, 0) is 14.8 Å². The van der Waals surface area contributed by atoms with Crippen LogP contribution in [0.5, 0.6) is 0 Å². The summed E-state index contributed by atoms with van der Waals surface area (Å²) in [4.78, 5) is 23.9. The summed E-state index contributed by atoms with van der Waals surface area (Å²) in [5.74, 6) is -0.218. The fourth-order valence-electron chi connectivity index (χ4n) is 3.98. The first-order valence-electron chi connectivity index (χ1n) is 10.8. The maximum atomic E-state index is 13.0. The van der Waals surface area contributed by atoms with Crippen LogP contribution in [0.3, 0.4) is 0 Å². The minimum Gasteiger partial charge on any atom is -0.335 e. The predicted octanol–water partition coefficient (Wildman–Crippen LogP) is 3.77. The maximum absolute atomic E-state index is 13.0. The van der Waals surface area contributed by atoms with Crippen LogP contribution in [0.4, 0.5) is 16.2 Å². The van der Waals surface area contributed by atoms with Gasteiger partial charge in [-0.1, -0.05) is 36.4 Å². The van der Waals surface area contributed by atoms with Gasteiger partial charge in [0.25, 0.3) is 0 Å². The Balaban J connectivity index is 1.33. The number of nitrogens with zero attached hydrogens (tertiary/aromatic N) is 1. The molecule has 4 rings (SSSR count). The van der Waals surface area contributed by atoms with Gasteiger partial charge in [0.1, 0.15) is 0 Å². The summed E-state index contributed by atoms with van der Waals surface area (Å²) in [6.07, 6.45) is 1.04.